The van der Waals surface area contributed by atoms with Gasteiger partial charge in [0.2, 0.25) is 0 Å². The SMILES string of the molecule is Cc1ccc(Cl)c2sc(N3CCN(C(=O)Nc4ccc(C(F)(F)F)cc4)CC3)nc12. The smallest absolute Gasteiger partial charge is 0.345 e. The first-order chi connectivity index (χ1) is 14.2. The molecule has 1 aromatic heterocycles. The van der Waals surface area contributed by atoms with Crippen LogP contribution in [0.25, 0.3) is 10.2 Å². The lowest BCUT2D eigenvalue weighted by Gasteiger charge is -2.34. The average molecular weight is 455 g/mol. The number of thiazole rings is 1. The summed E-state index contributed by atoms with van der Waals surface area (Å²) in [4.78, 5) is 20.9. The van der Waals surface area contributed by atoms with E-state index in [4.69, 9.17) is 16.6 Å². The van der Waals surface area contributed by atoms with E-state index < -0.39 is 11.7 Å². The highest BCUT2D eigenvalue weighted by Crippen LogP contribution is 2.36. The molecular weight excluding hydrogens is 437 g/mol. The number of alkyl halides is 3. The number of hydrogen-bond acceptors (Lipinski definition) is 4. The summed E-state index contributed by atoms with van der Waals surface area (Å²) < 4.78 is 38.9. The number of halogens is 4. The van der Waals surface area contributed by atoms with E-state index in [-0.39, 0.29) is 6.03 Å². The second kappa shape index (κ2) is 7.96. The molecule has 1 aliphatic rings. The second-order valence-corrected chi connectivity index (χ2v) is 8.40. The number of carbonyl (C=O) groups is 1. The van der Waals surface area contributed by atoms with Crippen molar-refractivity contribution >= 4 is 50.0 Å². The normalized spacial score (nSPS) is 15.0. The molecule has 1 aliphatic heterocycles. The van der Waals surface area contributed by atoms with Crippen molar-refractivity contribution in [2.75, 3.05) is 36.4 Å². The van der Waals surface area contributed by atoms with Crippen molar-refractivity contribution in [3.63, 3.8) is 0 Å². The van der Waals surface area contributed by atoms with Gasteiger partial charge in [-0.3, -0.25) is 0 Å². The Bertz CT molecular complexity index is 1040. The van der Waals surface area contributed by atoms with E-state index in [1.165, 1.54) is 23.5 Å². The van der Waals surface area contributed by atoms with Crippen LogP contribution in [0.3, 0.4) is 0 Å². The lowest BCUT2D eigenvalue weighted by Crippen LogP contribution is -2.50. The van der Waals surface area contributed by atoms with Crippen LogP contribution >= 0.6 is 22.9 Å². The van der Waals surface area contributed by atoms with Crippen LogP contribution in [-0.2, 0) is 6.18 Å². The van der Waals surface area contributed by atoms with Crippen LogP contribution in [0.1, 0.15) is 11.1 Å². The van der Waals surface area contributed by atoms with E-state index in [0.29, 0.717) is 36.9 Å². The summed E-state index contributed by atoms with van der Waals surface area (Å²) in [5.41, 5.74) is 1.53. The molecule has 1 saturated heterocycles. The van der Waals surface area contributed by atoms with Crippen LogP contribution in [0.4, 0.5) is 28.8 Å². The third kappa shape index (κ3) is 4.17. The minimum absolute atomic E-state index is 0.326. The first-order valence-corrected chi connectivity index (χ1v) is 10.5. The Hall–Kier alpha value is -2.52. The first-order valence-electron chi connectivity index (χ1n) is 9.26. The molecule has 0 spiro atoms. The van der Waals surface area contributed by atoms with Crippen LogP contribution in [0.15, 0.2) is 36.4 Å². The molecule has 1 N–H and O–H groups in total. The summed E-state index contributed by atoms with van der Waals surface area (Å²) in [6.45, 7) is 4.17. The number of urea groups is 1. The first kappa shape index (κ1) is 20.7. The minimum atomic E-state index is -4.40. The van der Waals surface area contributed by atoms with E-state index in [9.17, 15) is 18.0 Å². The van der Waals surface area contributed by atoms with Gasteiger partial charge in [-0.1, -0.05) is 29.0 Å². The molecule has 0 atom stereocenters. The van der Waals surface area contributed by atoms with Crippen LogP contribution < -0.4 is 10.2 Å². The molecule has 4 rings (SSSR count). The number of fused-ring (bicyclic) bond motifs is 1. The van der Waals surface area contributed by atoms with Crippen LogP contribution in [0.5, 0.6) is 0 Å². The van der Waals surface area contributed by atoms with Crippen molar-refractivity contribution in [3.8, 4) is 0 Å². The van der Waals surface area contributed by atoms with Crippen molar-refractivity contribution in [1.82, 2.24) is 9.88 Å². The van der Waals surface area contributed by atoms with Gasteiger partial charge in [-0.25, -0.2) is 9.78 Å². The fourth-order valence-corrected chi connectivity index (χ4v) is 4.64. The summed E-state index contributed by atoms with van der Waals surface area (Å²) >= 11 is 7.82. The number of benzene rings is 2. The zero-order chi connectivity index (χ0) is 21.5. The molecule has 5 nitrogen and oxygen atoms in total. The van der Waals surface area contributed by atoms with Gasteiger partial charge < -0.3 is 15.1 Å². The van der Waals surface area contributed by atoms with E-state index in [1.807, 2.05) is 19.1 Å². The molecule has 30 heavy (non-hydrogen) atoms. The molecular formula is C20H18ClF3N4OS. The molecule has 0 radical (unpaired) electrons. The number of aromatic nitrogens is 1. The number of nitrogens with zero attached hydrogens (tertiary/aromatic N) is 3. The number of carbonyl (C=O) groups excluding carboxylic acids is 1. The van der Waals surface area contributed by atoms with Crippen molar-refractivity contribution in [2.45, 2.75) is 13.1 Å². The Labute approximate surface area is 180 Å². The molecule has 3 aromatic rings. The van der Waals surface area contributed by atoms with Gasteiger partial charge in [0.25, 0.3) is 0 Å². The van der Waals surface area contributed by atoms with E-state index >= 15 is 0 Å². The maximum Gasteiger partial charge on any atom is 0.416 e. The topological polar surface area (TPSA) is 48.5 Å². The molecule has 2 aromatic carbocycles. The zero-order valence-electron chi connectivity index (χ0n) is 16.0. The Balaban J connectivity index is 1.38. The molecule has 0 saturated carbocycles. The number of hydrogen-bond donors (Lipinski definition) is 1. The molecule has 0 bridgehead atoms. The maximum atomic E-state index is 12.6. The summed E-state index contributed by atoms with van der Waals surface area (Å²) in [6, 6.07) is 7.89. The quantitative estimate of drug-likeness (QED) is 0.546. The summed E-state index contributed by atoms with van der Waals surface area (Å²) in [5, 5.41) is 4.19. The highest BCUT2D eigenvalue weighted by atomic mass is 35.5. The monoisotopic (exact) mass is 454 g/mol. The minimum Gasteiger partial charge on any atom is -0.345 e. The molecule has 2 amide bonds. The Morgan fingerprint density at radius 3 is 2.37 bits per heavy atom. The van der Waals surface area contributed by atoms with E-state index in [1.54, 1.807) is 4.90 Å². The molecule has 0 unspecified atom stereocenters. The number of nitrogens with one attached hydrogen (secondary N) is 1. The van der Waals surface area contributed by atoms with E-state index in [0.717, 1.165) is 33.0 Å². The summed E-state index contributed by atoms with van der Waals surface area (Å²) in [6.07, 6.45) is -4.40. The molecule has 10 heteroatoms. The van der Waals surface area contributed by atoms with Gasteiger partial charge in [0.15, 0.2) is 5.13 Å². The van der Waals surface area contributed by atoms with Crippen molar-refractivity contribution in [3.05, 3.63) is 52.5 Å². The Morgan fingerprint density at radius 1 is 1.10 bits per heavy atom. The van der Waals surface area contributed by atoms with Crippen molar-refractivity contribution in [1.29, 1.82) is 0 Å². The van der Waals surface area contributed by atoms with Gasteiger partial charge in [-0.2, -0.15) is 13.2 Å². The third-order valence-corrected chi connectivity index (χ3v) is 6.56. The predicted molar refractivity (Wildman–Crippen MR) is 114 cm³/mol. The number of piperazine rings is 1. The number of anilines is 2. The van der Waals surface area contributed by atoms with Crippen molar-refractivity contribution < 1.29 is 18.0 Å². The molecule has 158 valence electrons. The molecule has 0 aliphatic carbocycles. The van der Waals surface area contributed by atoms with E-state index in [2.05, 4.69) is 10.2 Å². The lowest BCUT2D eigenvalue weighted by molar-refractivity contribution is -0.137. The summed E-state index contributed by atoms with van der Waals surface area (Å²) in [5.74, 6) is 0. The van der Waals surface area contributed by atoms with Crippen LogP contribution in [0, 0.1) is 6.92 Å². The third-order valence-electron chi connectivity index (χ3n) is 4.99. The fraction of sp³-hybridized carbons (Fsp3) is 0.300. The second-order valence-electron chi connectivity index (χ2n) is 7.02. The highest BCUT2D eigenvalue weighted by molar-refractivity contribution is 7.22. The Morgan fingerprint density at radius 2 is 1.77 bits per heavy atom. The maximum absolute atomic E-state index is 12.6. The van der Waals surface area contributed by atoms with Crippen LogP contribution in [0.2, 0.25) is 5.02 Å². The predicted octanol–water partition coefficient (Wildman–Crippen LogP) is 5.63. The van der Waals surface area contributed by atoms with Crippen molar-refractivity contribution in [2.24, 2.45) is 0 Å². The van der Waals surface area contributed by atoms with Crippen LogP contribution in [-0.4, -0.2) is 42.1 Å². The van der Waals surface area contributed by atoms with Gasteiger partial charge in [-0.15, -0.1) is 0 Å². The Kier molecular flexibility index (Phi) is 5.50. The summed E-state index contributed by atoms with van der Waals surface area (Å²) in [7, 11) is 0. The van der Waals surface area contributed by atoms with Gasteiger partial charge in [0, 0.05) is 31.9 Å². The van der Waals surface area contributed by atoms with Gasteiger partial charge in [0.05, 0.1) is 20.8 Å². The fourth-order valence-electron chi connectivity index (χ4n) is 3.27. The number of amides is 2. The zero-order valence-corrected chi connectivity index (χ0v) is 17.5. The number of aryl methyl sites for hydroxylation is 1. The van der Waals surface area contributed by atoms with Gasteiger partial charge >= 0.3 is 12.2 Å². The average Bonchev–Trinajstić information content (AvgIpc) is 3.17. The number of rotatable bonds is 2. The standard InChI is InChI=1S/C20H18ClF3N4OS/c1-12-2-7-15(21)17-16(12)26-19(30-17)28-10-8-27(9-11-28)18(29)25-14-5-3-13(4-6-14)20(22,23)24/h2-7H,8-11H2,1H3,(H,25,29). The largest absolute Gasteiger partial charge is 0.416 e. The van der Waals surface area contributed by atoms with Gasteiger partial charge in [0.1, 0.15) is 0 Å². The highest BCUT2D eigenvalue weighted by Gasteiger charge is 2.30. The molecule has 2 heterocycles. The van der Waals surface area contributed by atoms with Gasteiger partial charge in [-0.05, 0) is 42.8 Å². The lowest BCUT2D eigenvalue weighted by atomic mass is 10.2. The molecule has 1 fully saturated rings.